The molecular formula is C14H13N3O6. The summed E-state index contributed by atoms with van der Waals surface area (Å²) in [5.41, 5.74) is 4.74. The van der Waals surface area contributed by atoms with Crippen LogP contribution in [0.3, 0.4) is 0 Å². The third-order valence-corrected chi connectivity index (χ3v) is 3.56. The third kappa shape index (κ3) is 2.13. The van der Waals surface area contributed by atoms with Crippen molar-refractivity contribution in [1.82, 2.24) is 9.97 Å². The molecule has 0 radical (unpaired) electrons. The summed E-state index contributed by atoms with van der Waals surface area (Å²) < 4.78 is 15.6. The van der Waals surface area contributed by atoms with Gasteiger partial charge >= 0.3 is 11.7 Å². The molecule has 1 aromatic carbocycles. The number of hydrogen-bond donors (Lipinski definition) is 3. The Labute approximate surface area is 129 Å². The summed E-state index contributed by atoms with van der Waals surface area (Å²) in [6.45, 7) is 0. The van der Waals surface area contributed by atoms with Crippen molar-refractivity contribution in [3.8, 4) is 11.5 Å². The van der Waals surface area contributed by atoms with Crippen LogP contribution in [0, 0.1) is 0 Å². The van der Waals surface area contributed by atoms with E-state index in [1.165, 1.54) is 14.2 Å². The number of nitrogens with two attached hydrogens (primary N) is 1. The number of hydrogen-bond acceptors (Lipinski definition) is 7. The zero-order valence-electron chi connectivity index (χ0n) is 12.3. The van der Waals surface area contributed by atoms with Crippen LogP contribution in [0.5, 0.6) is 11.5 Å². The summed E-state index contributed by atoms with van der Waals surface area (Å²) in [4.78, 5) is 39.8. The molecule has 9 heteroatoms. The molecule has 9 nitrogen and oxygen atoms in total. The number of methoxy groups -OCH3 is 2. The highest BCUT2D eigenvalue weighted by molar-refractivity contribution is 5.98. The second-order valence-corrected chi connectivity index (χ2v) is 4.79. The number of cyclic esters (lactones) is 1. The maximum atomic E-state index is 12.2. The number of carbonyl (C=O) groups is 1. The van der Waals surface area contributed by atoms with E-state index >= 15 is 0 Å². The van der Waals surface area contributed by atoms with Crippen molar-refractivity contribution < 1.29 is 19.0 Å². The molecule has 23 heavy (non-hydrogen) atoms. The van der Waals surface area contributed by atoms with Gasteiger partial charge in [-0.25, -0.2) is 9.59 Å². The first-order valence-electron chi connectivity index (χ1n) is 6.55. The smallest absolute Gasteiger partial charge is 0.343 e. The molecule has 0 bridgehead atoms. The van der Waals surface area contributed by atoms with Gasteiger partial charge in [-0.2, -0.15) is 0 Å². The van der Waals surface area contributed by atoms with Crippen molar-refractivity contribution in [2.45, 2.75) is 6.10 Å². The molecule has 0 unspecified atom stereocenters. The molecule has 2 heterocycles. The van der Waals surface area contributed by atoms with Gasteiger partial charge in [0.25, 0.3) is 5.56 Å². The molecule has 3 rings (SSSR count). The predicted octanol–water partition coefficient (Wildman–Crippen LogP) is -0.0776. The summed E-state index contributed by atoms with van der Waals surface area (Å²) in [5, 5.41) is 0. The zero-order valence-corrected chi connectivity index (χ0v) is 12.3. The van der Waals surface area contributed by atoms with Crippen molar-refractivity contribution in [3.63, 3.8) is 0 Å². The monoisotopic (exact) mass is 319 g/mol. The Balaban J connectivity index is 2.25. The largest absolute Gasteiger partial charge is 0.493 e. The van der Waals surface area contributed by atoms with Crippen LogP contribution >= 0.6 is 0 Å². The highest BCUT2D eigenvalue weighted by atomic mass is 16.6. The molecule has 1 aromatic heterocycles. The zero-order chi connectivity index (χ0) is 16.7. The number of nitrogen functional groups attached to an aromatic ring is 1. The van der Waals surface area contributed by atoms with Crippen LogP contribution in [-0.4, -0.2) is 30.2 Å². The number of fused-ring (bicyclic) bond motifs is 1. The minimum Gasteiger partial charge on any atom is -0.493 e. The predicted molar refractivity (Wildman–Crippen MR) is 78.9 cm³/mol. The number of ether oxygens (including phenoxy) is 3. The molecule has 1 aliphatic rings. The number of aromatic amines is 2. The fourth-order valence-corrected chi connectivity index (χ4v) is 2.59. The molecule has 0 saturated carbocycles. The highest BCUT2D eigenvalue weighted by Gasteiger charge is 2.39. The Morgan fingerprint density at radius 2 is 1.87 bits per heavy atom. The van der Waals surface area contributed by atoms with E-state index in [4.69, 9.17) is 19.9 Å². The lowest BCUT2D eigenvalue weighted by molar-refractivity contribution is 0.0452. The quantitative estimate of drug-likeness (QED) is 0.673. The van der Waals surface area contributed by atoms with E-state index in [0.717, 1.165) is 0 Å². The summed E-state index contributed by atoms with van der Waals surface area (Å²) in [6, 6.07) is 3.17. The first kappa shape index (κ1) is 14.7. The number of H-pyrrole nitrogens is 2. The normalized spacial score (nSPS) is 15.9. The topological polar surface area (TPSA) is 136 Å². The summed E-state index contributed by atoms with van der Waals surface area (Å²) in [5.74, 6) is -0.283. The Kier molecular flexibility index (Phi) is 3.32. The summed E-state index contributed by atoms with van der Waals surface area (Å²) in [7, 11) is 2.83. The van der Waals surface area contributed by atoms with Crippen LogP contribution in [0.1, 0.15) is 27.6 Å². The SMILES string of the molecule is COc1ccc2c(c1OC)C(=O)O[C@H]2c1c(N)[nH]c(=O)[nH]c1=O. The minimum absolute atomic E-state index is 0.0519. The second kappa shape index (κ2) is 5.20. The molecule has 0 fully saturated rings. The lowest BCUT2D eigenvalue weighted by Gasteiger charge is -2.13. The van der Waals surface area contributed by atoms with Gasteiger partial charge in [0.15, 0.2) is 17.6 Å². The van der Waals surface area contributed by atoms with E-state index in [-0.39, 0.29) is 22.7 Å². The van der Waals surface area contributed by atoms with Gasteiger partial charge in [-0.15, -0.1) is 0 Å². The number of carbonyl (C=O) groups excluding carboxylic acids is 1. The number of nitrogens with one attached hydrogen (secondary N) is 2. The average molecular weight is 319 g/mol. The maximum absolute atomic E-state index is 12.2. The molecule has 2 aromatic rings. The van der Waals surface area contributed by atoms with Crippen LogP contribution < -0.4 is 26.5 Å². The number of rotatable bonds is 3. The average Bonchev–Trinajstić information content (AvgIpc) is 2.82. The number of aromatic nitrogens is 2. The van der Waals surface area contributed by atoms with Crippen molar-refractivity contribution >= 4 is 11.8 Å². The van der Waals surface area contributed by atoms with Gasteiger partial charge in [0.05, 0.1) is 14.2 Å². The van der Waals surface area contributed by atoms with Gasteiger partial charge in [0.2, 0.25) is 0 Å². The Morgan fingerprint density at radius 1 is 1.13 bits per heavy atom. The highest BCUT2D eigenvalue weighted by Crippen LogP contribution is 2.44. The van der Waals surface area contributed by atoms with Crippen LogP contribution in [0.15, 0.2) is 21.7 Å². The van der Waals surface area contributed by atoms with Crippen molar-refractivity contribution in [1.29, 1.82) is 0 Å². The minimum atomic E-state index is -1.04. The van der Waals surface area contributed by atoms with Crippen LogP contribution in [0.4, 0.5) is 5.82 Å². The van der Waals surface area contributed by atoms with Gasteiger partial charge in [-0.1, -0.05) is 6.07 Å². The van der Waals surface area contributed by atoms with E-state index in [9.17, 15) is 14.4 Å². The van der Waals surface area contributed by atoms with E-state index < -0.39 is 23.3 Å². The number of esters is 1. The van der Waals surface area contributed by atoms with E-state index in [0.29, 0.717) is 11.3 Å². The molecular weight excluding hydrogens is 306 g/mol. The Hall–Kier alpha value is -3.23. The first-order valence-corrected chi connectivity index (χ1v) is 6.55. The first-order chi connectivity index (χ1) is 11.0. The molecule has 0 aliphatic carbocycles. The van der Waals surface area contributed by atoms with Gasteiger partial charge in [-0.05, 0) is 6.07 Å². The van der Waals surface area contributed by atoms with E-state index in [1.807, 2.05) is 0 Å². The lowest BCUT2D eigenvalue weighted by atomic mass is 9.99. The Morgan fingerprint density at radius 3 is 2.48 bits per heavy atom. The van der Waals surface area contributed by atoms with Gasteiger partial charge in [0, 0.05) is 5.56 Å². The molecule has 120 valence electrons. The fourth-order valence-electron chi connectivity index (χ4n) is 2.59. The molecule has 0 amide bonds. The number of benzene rings is 1. The van der Waals surface area contributed by atoms with Crippen molar-refractivity contribution in [2.24, 2.45) is 0 Å². The van der Waals surface area contributed by atoms with Crippen LogP contribution in [0.2, 0.25) is 0 Å². The standard InChI is InChI=1S/C14H13N3O6/c1-21-6-4-3-5-7(10(6)22-2)13(19)23-9(5)8-11(15)16-14(20)17-12(8)18/h3-4,9H,1-2H3,(H4,15,16,17,18,20)/t9-/m1/s1. The molecule has 0 spiro atoms. The van der Waals surface area contributed by atoms with E-state index in [1.54, 1.807) is 12.1 Å². The molecule has 0 saturated heterocycles. The fraction of sp³-hybridized carbons (Fsp3) is 0.214. The second-order valence-electron chi connectivity index (χ2n) is 4.79. The maximum Gasteiger partial charge on any atom is 0.343 e. The van der Waals surface area contributed by atoms with Gasteiger partial charge in [0.1, 0.15) is 16.9 Å². The summed E-state index contributed by atoms with van der Waals surface area (Å²) in [6.07, 6.45) is -1.04. The molecule has 1 aliphatic heterocycles. The van der Waals surface area contributed by atoms with Crippen molar-refractivity contribution in [3.05, 3.63) is 49.7 Å². The van der Waals surface area contributed by atoms with E-state index in [2.05, 4.69) is 9.97 Å². The molecule has 4 N–H and O–H groups in total. The van der Waals surface area contributed by atoms with Crippen LogP contribution in [0.25, 0.3) is 0 Å². The molecule has 1 atom stereocenters. The lowest BCUT2D eigenvalue weighted by Crippen LogP contribution is -2.29. The Bertz CT molecular complexity index is 914. The van der Waals surface area contributed by atoms with Gasteiger partial charge < -0.3 is 19.9 Å². The van der Waals surface area contributed by atoms with Gasteiger partial charge in [-0.3, -0.25) is 14.8 Å². The number of anilines is 1. The third-order valence-electron chi connectivity index (χ3n) is 3.56. The summed E-state index contributed by atoms with van der Waals surface area (Å²) >= 11 is 0. The van der Waals surface area contributed by atoms with Crippen molar-refractivity contribution in [2.75, 3.05) is 20.0 Å². The van der Waals surface area contributed by atoms with Crippen LogP contribution in [-0.2, 0) is 4.74 Å².